The first-order valence-corrected chi connectivity index (χ1v) is 9.17. The number of rotatable bonds is 3. The lowest BCUT2D eigenvalue weighted by Crippen LogP contribution is -2.47. The van der Waals surface area contributed by atoms with Crippen LogP contribution in [-0.4, -0.2) is 43.2 Å². The van der Waals surface area contributed by atoms with Crippen molar-refractivity contribution in [1.82, 2.24) is 4.90 Å². The summed E-state index contributed by atoms with van der Waals surface area (Å²) in [6, 6.07) is 2.57. The molecule has 1 amide bonds. The maximum Gasteiger partial charge on any atom is 0.239 e. The van der Waals surface area contributed by atoms with E-state index in [0.717, 1.165) is 30.8 Å². The molecule has 6 heteroatoms. The Morgan fingerprint density at radius 2 is 2.26 bits per heavy atom. The lowest BCUT2D eigenvalue weighted by atomic mass is 10.1. The zero-order chi connectivity index (χ0) is 16.2. The molecule has 0 aromatic carbocycles. The highest BCUT2D eigenvalue weighted by Gasteiger charge is 2.24. The van der Waals surface area contributed by atoms with Gasteiger partial charge in [0.25, 0.3) is 0 Å². The number of nitrogens with one attached hydrogen (secondary N) is 1. The predicted octanol–water partition coefficient (Wildman–Crippen LogP) is 2.55. The maximum absolute atomic E-state index is 12.4. The van der Waals surface area contributed by atoms with Crippen LogP contribution in [0.15, 0.2) is 0 Å². The molecule has 1 atom stereocenters. The first-order chi connectivity index (χ1) is 11.2. The Hall–Kier alpha value is -1.42. The van der Waals surface area contributed by atoms with Gasteiger partial charge in [0, 0.05) is 17.5 Å². The quantitative estimate of drug-likeness (QED) is 0.863. The van der Waals surface area contributed by atoms with E-state index in [1.54, 1.807) is 11.3 Å². The number of morpholine rings is 1. The van der Waals surface area contributed by atoms with E-state index < -0.39 is 0 Å². The number of aryl methyl sites for hydroxylation is 1. The maximum atomic E-state index is 12.4. The Morgan fingerprint density at radius 3 is 3.04 bits per heavy atom. The summed E-state index contributed by atoms with van der Waals surface area (Å²) in [5, 5.41) is 13.2. The molecule has 0 saturated carbocycles. The van der Waals surface area contributed by atoms with Crippen LogP contribution >= 0.6 is 11.3 Å². The van der Waals surface area contributed by atoms with Crippen LogP contribution in [0.4, 0.5) is 5.00 Å². The monoisotopic (exact) mass is 333 g/mol. The molecule has 1 fully saturated rings. The van der Waals surface area contributed by atoms with Crippen molar-refractivity contribution in [3.8, 4) is 6.07 Å². The Labute approximate surface area is 141 Å². The molecule has 0 bridgehead atoms. The van der Waals surface area contributed by atoms with E-state index in [4.69, 9.17) is 4.74 Å². The molecule has 1 aliphatic carbocycles. The van der Waals surface area contributed by atoms with Crippen LogP contribution in [0.25, 0.3) is 0 Å². The fraction of sp³-hybridized carbons (Fsp3) is 0.647. The van der Waals surface area contributed by atoms with Crippen LogP contribution in [-0.2, 0) is 22.4 Å². The average molecular weight is 333 g/mol. The molecular formula is C17H23N3O2S. The molecule has 1 saturated heterocycles. The Morgan fingerprint density at radius 1 is 1.43 bits per heavy atom. The number of hydrogen-bond acceptors (Lipinski definition) is 5. The molecule has 23 heavy (non-hydrogen) atoms. The smallest absolute Gasteiger partial charge is 0.239 e. The average Bonchev–Trinajstić information content (AvgIpc) is 2.69. The first kappa shape index (κ1) is 16.4. The Kier molecular flexibility index (Phi) is 5.31. The Balaban J connectivity index is 1.70. The summed E-state index contributed by atoms with van der Waals surface area (Å²) in [7, 11) is 0. The molecule has 2 heterocycles. The lowest BCUT2D eigenvalue weighted by Gasteiger charge is -2.32. The van der Waals surface area contributed by atoms with Crippen molar-refractivity contribution in [2.24, 2.45) is 0 Å². The molecule has 1 aliphatic heterocycles. The second-order valence-electron chi connectivity index (χ2n) is 6.32. The van der Waals surface area contributed by atoms with Gasteiger partial charge in [-0.05, 0) is 38.2 Å². The molecule has 0 unspecified atom stereocenters. The highest BCUT2D eigenvalue weighted by atomic mass is 32.1. The molecule has 124 valence electrons. The summed E-state index contributed by atoms with van der Waals surface area (Å²) in [6.07, 6.45) is 5.53. The number of amides is 1. The van der Waals surface area contributed by atoms with Crippen molar-refractivity contribution >= 4 is 22.2 Å². The molecule has 1 aromatic rings. The summed E-state index contributed by atoms with van der Waals surface area (Å²) in [6.45, 7) is 4.55. The third-order valence-electron chi connectivity index (χ3n) is 4.64. The van der Waals surface area contributed by atoms with Gasteiger partial charge in [-0.15, -0.1) is 11.3 Å². The molecule has 5 nitrogen and oxygen atoms in total. The molecule has 2 aliphatic rings. The van der Waals surface area contributed by atoms with Crippen molar-refractivity contribution < 1.29 is 9.53 Å². The summed E-state index contributed by atoms with van der Waals surface area (Å²) >= 11 is 1.59. The van der Waals surface area contributed by atoms with Gasteiger partial charge in [-0.1, -0.05) is 6.42 Å². The van der Waals surface area contributed by atoms with E-state index in [9.17, 15) is 10.1 Å². The number of thiophene rings is 1. The third kappa shape index (κ3) is 3.74. The number of anilines is 1. The van der Waals surface area contributed by atoms with E-state index in [1.165, 1.54) is 23.3 Å². The van der Waals surface area contributed by atoms with Crippen LogP contribution in [0, 0.1) is 11.3 Å². The SMILES string of the molecule is C[C@@H]1COCCN1CC(=O)Nc1sc2c(c1C#N)CCCCC2. The number of nitrogens with zero attached hydrogens (tertiary/aromatic N) is 2. The first-order valence-electron chi connectivity index (χ1n) is 8.35. The van der Waals surface area contributed by atoms with Crippen molar-refractivity contribution in [1.29, 1.82) is 5.26 Å². The molecule has 0 radical (unpaired) electrons. The standard InChI is InChI=1S/C17H23N3O2S/c1-12-11-22-8-7-20(12)10-16(21)19-17-14(9-18)13-5-3-2-4-6-15(13)23-17/h12H,2-8,10-11H2,1H3,(H,19,21)/t12-/m1/s1. The molecule has 1 aromatic heterocycles. The second-order valence-corrected chi connectivity index (χ2v) is 7.43. The van der Waals surface area contributed by atoms with Crippen LogP contribution in [0.2, 0.25) is 0 Å². The van der Waals surface area contributed by atoms with Crippen molar-refractivity contribution in [3.05, 3.63) is 16.0 Å². The number of ether oxygens (including phenoxy) is 1. The summed E-state index contributed by atoms with van der Waals surface area (Å²) in [5.41, 5.74) is 1.86. The molecule has 0 spiro atoms. The van der Waals surface area contributed by atoms with Crippen LogP contribution in [0.5, 0.6) is 0 Å². The topological polar surface area (TPSA) is 65.4 Å². The summed E-state index contributed by atoms with van der Waals surface area (Å²) in [4.78, 5) is 15.8. The van der Waals surface area contributed by atoms with Gasteiger partial charge >= 0.3 is 0 Å². The van der Waals surface area contributed by atoms with E-state index >= 15 is 0 Å². The van der Waals surface area contributed by atoms with Gasteiger partial charge in [-0.25, -0.2) is 0 Å². The van der Waals surface area contributed by atoms with Gasteiger partial charge in [0.1, 0.15) is 11.1 Å². The van der Waals surface area contributed by atoms with Crippen LogP contribution in [0.1, 0.15) is 42.2 Å². The number of hydrogen-bond donors (Lipinski definition) is 1. The number of carbonyl (C=O) groups excluding carboxylic acids is 1. The molecule has 3 rings (SSSR count). The van der Waals surface area contributed by atoms with Crippen LogP contribution < -0.4 is 5.32 Å². The zero-order valence-corrected chi connectivity index (χ0v) is 14.4. The highest BCUT2D eigenvalue weighted by Crippen LogP contribution is 2.36. The summed E-state index contributed by atoms with van der Waals surface area (Å²) < 4.78 is 5.40. The predicted molar refractivity (Wildman–Crippen MR) is 90.8 cm³/mol. The minimum atomic E-state index is -0.0355. The highest BCUT2D eigenvalue weighted by molar-refractivity contribution is 7.16. The van der Waals surface area contributed by atoms with Gasteiger partial charge in [0.2, 0.25) is 5.91 Å². The fourth-order valence-electron chi connectivity index (χ4n) is 3.30. The van der Waals surface area contributed by atoms with E-state index in [1.807, 2.05) is 0 Å². The van der Waals surface area contributed by atoms with Crippen molar-refractivity contribution in [3.63, 3.8) is 0 Å². The largest absolute Gasteiger partial charge is 0.379 e. The molecule has 1 N–H and O–H groups in total. The number of fused-ring (bicyclic) bond motifs is 1. The van der Waals surface area contributed by atoms with E-state index in [-0.39, 0.29) is 11.9 Å². The lowest BCUT2D eigenvalue weighted by molar-refractivity contribution is -0.119. The number of carbonyl (C=O) groups is 1. The van der Waals surface area contributed by atoms with Gasteiger partial charge < -0.3 is 10.1 Å². The third-order valence-corrected chi connectivity index (χ3v) is 5.85. The normalized spacial score (nSPS) is 22.0. The second kappa shape index (κ2) is 7.43. The summed E-state index contributed by atoms with van der Waals surface area (Å²) in [5.74, 6) is -0.0355. The van der Waals surface area contributed by atoms with Gasteiger partial charge in [0.15, 0.2) is 0 Å². The van der Waals surface area contributed by atoms with Crippen molar-refractivity contribution in [2.75, 3.05) is 31.6 Å². The van der Waals surface area contributed by atoms with Gasteiger partial charge in [0.05, 0.1) is 25.3 Å². The number of nitriles is 1. The van der Waals surface area contributed by atoms with Crippen LogP contribution in [0.3, 0.4) is 0 Å². The minimum absolute atomic E-state index is 0.0355. The Bertz CT molecular complexity index is 620. The van der Waals surface area contributed by atoms with E-state index in [0.29, 0.717) is 25.3 Å². The molecular weight excluding hydrogens is 310 g/mol. The van der Waals surface area contributed by atoms with Gasteiger partial charge in [-0.2, -0.15) is 5.26 Å². The minimum Gasteiger partial charge on any atom is -0.379 e. The van der Waals surface area contributed by atoms with Crippen molar-refractivity contribution in [2.45, 2.75) is 45.1 Å². The fourth-order valence-corrected chi connectivity index (χ4v) is 4.55. The zero-order valence-electron chi connectivity index (χ0n) is 13.6. The van der Waals surface area contributed by atoms with E-state index in [2.05, 4.69) is 23.2 Å². The van der Waals surface area contributed by atoms with Gasteiger partial charge in [-0.3, -0.25) is 9.69 Å².